The van der Waals surface area contributed by atoms with Gasteiger partial charge in [-0.3, -0.25) is 13.9 Å². The summed E-state index contributed by atoms with van der Waals surface area (Å²) < 4.78 is 34.5. The fraction of sp³-hybridized carbons (Fsp3) is 0.235. The van der Waals surface area contributed by atoms with Crippen molar-refractivity contribution in [2.24, 2.45) is 0 Å². The molecule has 0 aliphatic rings. The first kappa shape index (κ1) is 35.1. The van der Waals surface area contributed by atoms with E-state index in [-0.39, 0.29) is 29.5 Å². The Bertz CT molecular complexity index is 1740. The number of halogens is 3. The number of rotatable bonds is 14. The number of benzene rings is 4. The number of nitrogens with one attached hydrogen (secondary N) is 1. The lowest BCUT2D eigenvalue weighted by Crippen LogP contribution is -2.53. The molecule has 4 rings (SSSR count). The maximum absolute atomic E-state index is 14.5. The third kappa shape index (κ3) is 8.94. The van der Waals surface area contributed by atoms with Crippen LogP contribution < -0.4 is 14.4 Å². The van der Waals surface area contributed by atoms with E-state index in [0.717, 1.165) is 9.87 Å². The molecule has 0 bridgehead atoms. The molecule has 0 aliphatic heterocycles. The molecule has 0 aliphatic carbocycles. The number of sulfonamides is 1. The molecule has 0 saturated carbocycles. The second-order valence-corrected chi connectivity index (χ2v) is 13.6. The Labute approximate surface area is 284 Å². The Balaban J connectivity index is 1.81. The predicted molar refractivity (Wildman–Crippen MR) is 183 cm³/mol. The van der Waals surface area contributed by atoms with Gasteiger partial charge in [-0.2, -0.15) is 0 Å². The normalized spacial score (nSPS) is 11.8. The SMILES string of the molecule is CCCNC(=O)[C@@H](Cc1ccccc1)N(Cc1ccc(Cl)cc1Cl)C(=O)CN(c1ccc(Cl)cc1)S(=O)(=O)c1ccc(OC)cc1. The predicted octanol–water partition coefficient (Wildman–Crippen LogP) is 7.02. The standard InChI is InChI=1S/C34H34Cl3N3O5S/c1-3-19-38-34(42)32(20-24-7-5-4-6-8-24)39(22-25-9-10-27(36)21-31(25)37)33(41)23-40(28-13-11-26(35)12-14-28)46(43,44)30-17-15-29(45-2)16-18-30/h4-18,21,32H,3,19-20,22-23H2,1-2H3,(H,38,42)/t32-/m1/s1. The van der Waals surface area contributed by atoms with Gasteiger partial charge in [0.25, 0.3) is 10.0 Å². The lowest BCUT2D eigenvalue weighted by Gasteiger charge is -2.34. The zero-order valence-corrected chi connectivity index (χ0v) is 28.4. The van der Waals surface area contributed by atoms with Gasteiger partial charge in [-0.25, -0.2) is 8.42 Å². The summed E-state index contributed by atoms with van der Waals surface area (Å²) in [7, 11) is -2.80. The third-order valence-corrected chi connectivity index (χ3v) is 9.84. The van der Waals surface area contributed by atoms with Gasteiger partial charge in [-0.15, -0.1) is 0 Å². The van der Waals surface area contributed by atoms with Gasteiger partial charge in [0.1, 0.15) is 18.3 Å². The number of nitrogens with zero attached hydrogens (tertiary/aromatic N) is 2. The average molecular weight is 703 g/mol. The summed E-state index contributed by atoms with van der Waals surface area (Å²) in [6.07, 6.45) is 0.866. The van der Waals surface area contributed by atoms with Crippen LogP contribution in [0, 0.1) is 0 Å². The van der Waals surface area contributed by atoms with Crippen molar-refractivity contribution in [1.82, 2.24) is 10.2 Å². The van der Waals surface area contributed by atoms with Crippen LogP contribution in [-0.4, -0.2) is 51.4 Å². The van der Waals surface area contributed by atoms with Crippen molar-refractivity contribution in [3.05, 3.63) is 123 Å². The van der Waals surface area contributed by atoms with E-state index in [4.69, 9.17) is 39.5 Å². The molecule has 0 unspecified atom stereocenters. The fourth-order valence-corrected chi connectivity index (χ4v) is 6.77. The molecule has 4 aromatic rings. The second kappa shape index (κ2) is 16.2. The van der Waals surface area contributed by atoms with E-state index >= 15 is 0 Å². The molecule has 242 valence electrons. The summed E-state index contributed by atoms with van der Waals surface area (Å²) in [6, 6.07) is 25.2. The van der Waals surface area contributed by atoms with Gasteiger partial charge in [-0.05, 0) is 78.2 Å². The molecule has 46 heavy (non-hydrogen) atoms. The van der Waals surface area contributed by atoms with Crippen molar-refractivity contribution in [3.8, 4) is 5.75 Å². The molecule has 0 fully saturated rings. The summed E-state index contributed by atoms with van der Waals surface area (Å²) >= 11 is 18.8. The first-order chi connectivity index (χ1) is 22.0. The molecule has 8 nitrogen and oxygen atoms in total. The molecule has 0 saturated heterocycles. The van der Waals surface area contributed by atoms with Gasteiger partial charge in [0.05, 0.1) is 17.7 Å². The van der Waals surface area contributed by atoms with E-state index < -0.39 is 28.5 Å². The van der Waals surface area contributed by atoms with Crippen LogP contribution in [0.2, 0.25) is 15.1 Å². The molecular formula is C34H34Cl3N3O5S. The van der Waals surface area contributed by atoms with Crippen LogP contribution in [0.15, 0.2) is 102 Å². The van der Waals surface area contributed by atoms with Crippen LogP contribution in [0.3, 0.4) is 0 Å². The average Bonchev–Trinajstić information content (AvgIpc) is 3.05. The lowest BCUT2D eigenvalue weighted by molar-refractivity contribution is -0.140. The highest BCUT2D eigenvalue weighted by atomic mass is 35.5. The van der Waals surface area contributed by atoms with Crippen LogP contribution in [0.4, 0.5) is 5.69 Å². The smallest absolute Gasteiger partial charge is 0.264 e. The number of carbonyl (C=O) groups is 2. The second-order valence-electron chi connectivity index (χ2n) is 10.4. The van der Waals surface area contributed by atoms with E-state index in [9.17, 15) is 18.0 Å². The van der Waals surface area contributed by atoms with Gasteiger partial charge in [0, 0.05) is 34.6 Å². The van der Waals surface area contributed by atoms with Crippen LogP contribution in [0.25, 0.3) is 0 Å². The minimum Gasteiger partial charge on any atom is -0.497 e. The molecule has 4 aromatic carbocycles. The Kier molecular flexibility index (Phi) is 12.3. The van der Waals surface area contributed by atoms with Crippen LogP contribution in [-0.2, 0) is 32.6 Å². The monoisotopic (exact) mass is 701 g/mol. The zero-order valence-electron chi connectivity index (χ0n) is 25.3. The summed E-state index contributed by atoms with van der Waals surface area (Å²) in [4.78, 5) is 29.5. The zero-order chi connectivity index (χ0) is 33.3. The topological polar surface area (TPSA) is 96.0 Å². The number of anilines is 1. The van der Waals surface area contributed by atoms with E-state index in [1.807, 2.05) is 37.3 Å². The molecular weight excluding hydrogens is 669 g/mol. The summed E-state index contributed by atoms with van der Waals surface area (Å²) in [5, 5.41) is 4.02. The Hall–Kier alpha value is -3.76. The maximum Gasteiger partial charge on any atom is 0.264 e. The van der Waals surface area contributed by atoms with Gasteiger partial charge in [0.2, 0.25) is 11.8 Å². The fourth-order valence-electron chi connectivity index (χ4n) is 4.76. The minimum atomic E-state index is -4.28. The van der Waals surface area contributed by atoms with Gasteiger partial charge < -0.3 is 15.0 Å². The molecule has 0 aromatic heterocycles. The molecule has 2 amide bonds. The highest BCUT2D eigenvalue weighted by molar-refractivity contribution is 7.92. The summed E-state index contributed by atoms with van der Waals surface area (Å²) in [6.45, 7) is 1.63. The number of hydrogen-bond acceptors (Lipinski definition) is 5. The Morgan fingerprint density at radius 3 is 2.13 bits per heavy atom. The van der Waals surface area contributed by atoms with Crippen LogP contribution in [0.1, 0.15) is 24.5 Å². The van der Waals surface area contributed by atoms with Crippen LogP contribution >= 0.6 is 34.8 Å². The number of hydrogen-bond donors (Lipinski definition) is 1. The number of methoxy groups -OCH3 is 1. The Morgan fingerprint density at radius 2 is 1.52 bits per heavy atom. The third-order valence-electron chi connectivity index (χ3n) is 7.22. The largest absolute Gasteiger partial charge is 0.497 e. The van der Waals surface area contributed by atoms with E-state index in [1.54, 1.807) is 30.3 Å². The van der Waals surface area contributed by atoms with E-state index in [1.165, 1.54) is 48.4 Å². The Morgan fingerprint density at radius 1 is 0.870 bits per heavy atom. The first-order valence-corrected chi connectivity index (χ1v) is 17.1. The number of amides is 2. The molecule has 12 heteroatoms. The lowest BCUT2D eigenvalue weighted by atomic mass is 10.0. The maximum atomic E-state index is 14.5. The quantitative estimate of drug-likeness (QED) is 0.153. The van der Waals surface area contributed by atoms with Crippen molar-refractivity contribution in [2.45, 2.75) is 37.2 Å². The van der Waals surface area contributed by atoms with Crippen molar-refractivity contribution < 1.29 is 22.7 Å². The summed E-state index contributed by atoms with van der Waals surface area (Å²) in [5.74, 6) is -0.522. The number of ether oxygens (including phenoxy) is 1. The molecule has 1 N–H and O–H groups in total. The highest BCUT2D eigenvalue weighted by Gasteiger charge is 2.35. The van der Waals surface area contributed by atoms with Gasteiger partial charge in [-0.1, -0.05) is 78.1 Å². The van der Waals surface area contributed by atoms with Crippen molar-refractivity contribution >= 4 is 62.3 Å². The van der Waals surface area contributed by atoms with Crippen molar-refractivity contribution in [3.63, 3.8) is 0 Å². The molecule has 0 spiro atoms. The minimum absolute atomic E-state index is 0.0510. The van der Waals surface area contributed by atoms with Crippen molar-refractivity contribution in [1.29, 1.82) is 0 Å². The molecule has 0 heterocycles. The summed E-state index contributed by atoms with van der Waals surface area (Å²) in [5.41, 5.74) is 1.57. The van der Waals surface area contributed by atoms with Gasteiger partial charge in [0.15, 0.2) is 0 Å². The number of carbonyl (C=O) groups excluding carboxylic acids is 2. The van der Waals surface area contributed by atoms with Crippen molar-refractivity contribution in [2.75, 3.05) is 24.5 Å². The highest BCUT2D eigenvalue weighted by Crippen LogP contribution is 2.28. The van der Waals surface area contributed by atoms with Gasteiger partial charge >= 0.3 is 0 Å². The van der Waals surface area contributed by atoms with E-state index in [2.05, 4.69) is 5.32 Å². The molecule has 1 atom stereocenters. The van der Waals surface area contributed by atoms with E-state index in [0.29, 0.717) is 39.3 Å². The first-order valence-electron chi connectivity index (χ1n) is 14.5. The molecule has 0 radical (unpaired) electrons. The van der Waals surface area contributed by atoms with Crippen LogP contribution in [0.5, 0.6) is 5.75 Å².